The Hall–Kier alpha value is -3.06. The van der Waals surface area contributed by atoms with Crippen molar-refractivity contribution in [2.24, 2.45) is 0 Å². The number of halogens is 1. The highest BCUT2D eigenvalue weighted by Gasteiger charge is 2.07. The molecule has 0 aliphatic heterocycles. The molecule has 2 aromatic carbocycles. The molecule has 122 valence electrons. The number of fused-ring (bicyclic) bond motifs is 1. The first kappa shape index (κ1) is 15.8. The van der Waals surface area contributed by atoms with Gasteiger partial charge in [0.1, 0.15) is 5.75 Å². The highest BCUT2D eigenvalue weighted by Crippen LogP contribution is 2.16. The number of anilines is 1. The number of hydrogen-bond acceptors (Lipinski definition) is 4. The van der Waals surface area contributed by atoms with E-state index in [0.29, 0.717) is 16.5 Å². The van der Waals surface area contributed by atoms with Gasteiger partial charge in [-0.05, 0) is 42.5 Å². The summed E-state index contributed by atoms with van der Waals surface area (Å²) in [4.78, 5) is 35.3. The van der Waals surface area contributed by atoms with Gasteiger partial charge in [0.2, 0.25) is 0 Å². The first-order valence-electron chi connectivity index (χ1n) is 6.96. The van der Waals surface area contributed by atoms with Crippen molar-refractivity contribution in [1.82, 2.24) is 10.2 Å². The van der Waals surface area contributed by atoms with E-state index in [1.165, 1.54) is 18.2 Å². The molecule has 7 nitrogen and oxygen atoms in total. The van der Waals surface area contributed by atoms with E-state index in [2.05, 4.69) is 15.5 Å². The van der Waals surface area contributed by atoms with Gasteiger partial charge in [-0.1, -0.05) is 11.6 Å². The van der Waals surface area contributed by atoms with Crippen molar-refractivity contribution < 1.29 is 9.53 Å². The Morgan fingerprint density at radius 2 is 1.67 bits per heavy atom. The summed E-state index contributed by atoms with van der Waals surface area (Å²) in [5, 5.41) is 8.08. The first-order valence-corrected chi connectivity index (χ1v) is 7.34. The van der Waals surface area contributed by atoms with Crippen molar-refractivity contribution >= 4 is 34.0 Å². The predicted octanol–water partition coefficient (Wildman–Crippen LogP) is 1.89. The van der Waals surface area contributed by atoms with Crippen LogP contribution in [0.15, 0.2) is 52.1 Å². The summed E-state index contributed by atoms with van der Waals surface area (Å²) in [5.74, 6) is 0.113. The second-order valence-corrected chi connectivity index (χ2v) is 5.40. The molecule has 24 heavy (non-hydrogen) atoms. The van der Waals surface area contributed by atoms with Gasteiger partial charge in [-0.15, -0.1) is 0 Å². The van der Waals surface area contributed by atoms with Gasteiger partial charge in [-0.3, -0.25) is 24.6 Å². The lowest BCUT2D eigenvalue weighted by molar-refractivity contribution is -0.118. The number of amides is 1. The number of benzene rings is 2. The van der Waals surface area contributed by atoms with Crippen LogP contribution in [0.5, 0.6) is 5.75 Å². The highest BCUT2D eigenvalue weighted by atomic mass is 35.5. The van der Waals surface area contributed by atoms with Crippen LogP contribution in [0.4, 0.5) is 5.69 Å². The van der Waals surface area contributed by atoms with Crippen LogP contribution < -0.4 is 21.2 Å². The largest absolute Gasteiger partial charge is 0.484 e. The van der Waals surface area contributed by atoms with E-state index >= 15 is 0 Å². The zero-order valence-corrected chi connectivity index (χ0v) is 13.0. The third kappa shape index (κ3) is 3.47. The molecule has 0 saturated heterocycles. The lowest BCUT2D eigenvalue weighted by atomic mass is 10.2. The van der Waals surface area contributed by atoms with Crippen LogP contribution in [0.25, 0.3) is 10.8 Å². The van der Waals surface area contributed by atoms with Crippen LogP contribution >= 0.6 is 11.6 Å². The second-order valence-electron chi connectivity index (χ2n) is 4.96. The van der Waals surface area contributed by atoms with E-state index in [1.807, 2.05) is 0 Å². The SMILES string of the molecule is O=C(COc1ccc(Cl)cc1)Nc1ccc2c(=O)[nH][nH]c(=O)c2c1. The summed E-state index contributed by atoms with van der Waals surface area (Å²) >= 11 is 5.77. The summed E-state index contributed by atoms with van der Waals surface area (Å²) < 4.78 is 5.33. The molecule has 0 bridgehead atoms. The Balaban J connectivity index is 1.71. The molecule has 0 aliphatic rings. The Bertz CT molecular complexity index is 1010. The Morgan fingerprint density at radius 1 is 1.00 bits per heavy atom. The van der Waals surface area contributed by atoms with Gasteiger partial charge in [0, 0.05) is 10.7 Å². The van der Waals surface area contributed by atoms with Crippen LogP contribution in [-0.2, 0) is 4.79 Å². The lowest BCUT2D eigenvalue weighted by Gasteiger charge is -2.08. The van der Waals surface area contributed by atoms with Crippen molar-refractivity contribution in [3.63, 3.8) is 0 Å². The van der Waals surface area contributed by atoms with Crippen molar-refractivity contribution in [1.29, 1.82) is 0 Å². The molecule has 0 radical (unpaired) electrons. The van der Waals surface area contributed by atoms with E-state index in [-0.39, 0.29) is 17.4 Å². The molecule has 0 unspecified atom stereocenters. The van der Waals surface area contributed by atoms with Crippen LogP contribution in [0, 0.1) is 0 Å². The Kier molecular flexibility index (Phi) is 4.35. The predicted molar refractivity (Wildman–Crippen MR) is 90.8 cm³/mol. The molecule has 0 aliphatic carbocycles. The molecule has 3 N–H and O–H groups in total. The first-order chi connectivity index (χ1) is 11.5. The third-order valence-corrected chi connectivity index (χ3v) is 3.52. The number of ether oxygens (including phenoxy) is 1. The topological polar surface area (TPSA) is 104 Å². The average Bonchev–Trinajstić information content (AvgIpc) is 2.58. The number of aromatic amines is 2. The molecule has 1 heterocycles. The highest BCUT2D eigenvalue weighted by molar-refractivity contribution is 6.30. The number of H-pyrrole nitrogens is 2. The molecule has 0 atom stereocenters. The monoisotopic (exact) mass is 345 g/mol. The number of nitrogens with one attached hydrogen (secondary N) is 3. The van der Waals surface area contributed by atoms with E-state index in [9.17, 15) is 14.4 Å². The zero-order chi connectivity index (χ0) is 17.1. The summed E-state index contributed by atoms with van der Waals surface area (Å²) in [6.45, 7) is -0.203. The Labute approximate surface area is 140 Å². The molecule has 1 amide bonds. The molecule has 3 rings (SSSR count). The van der Waals surface area contributed by atoms with Crippen molar-refractivity contribution in [3.05, 3.63) is 68.2 Å². The van der Waals surface area contributed by atoms with Gasteiger partial charge in [0.05, 0.1) is 10.8 Å². The summed E-state index contributed by atoms with van der Waals surface area (Å²) in [5.41, 5.74) is -0.463. The van der Waals surface area contributed by atoms with E-state index in [4.69, 9.17) is 16.3 Å². The van der Waals surface area contributed by atoms with Crippen LogP contribution in [0.2, 0.25) is 5.02 Å². The molecular weight excluding hydrogens is 334 g/mol. The standard InChI is InChI=1S/C16H12ClN3O4/c17-9-1-4-11(5-2-9)24-8-14(21)18-10-3-6-12-13(7-10)16(23)20-19-15(12)22/h1-7H,8H2,(H,18,21)(H,19,22)(H,20,23). The number of hydrogen-bond donors (Lipinski definition) is 3. The normalized spacial score (nSPS) is 10.5. The fourth-order valence-electron chi connectivity index (χ4n) is 2.13. The van der Waals surface area contributed by atoms with Crippen LogP contribution in [0.3, 0.4) is 0 Å². The fraction of sp³-hybridized carbons (Fsp3) is 0.0625. The molecule has 1 aromatic heterocycles. The molecular formula is C16H12ClN3O4. The fourth-order valence-corrected chi connectivity index (χ4v) is 2.26. The quantitative estimate of drug-likeness (QED) is 0.671. The van der Waals surface area contributed by atoms with Crippen molar-refractivity contribution in [2.45, 2.75) is 0 Å². The maximum Gasteiger partial charge on any atom is 0.270 e. The van der Waals surface area contributed by atoms with E-state index < -0.39 is 17.0 Å². The summed E-state index contributed by atoms with van der Waals surface area (Å²) in [6, 6.07) is 11.1. The lowest BCUT2D eigenvalue weighted by Crippen LogP contribution is -2.21. The van der Waals surface area contributed by atoms with Crippen molar-refractivity contribution in [2.75, 3.05) is 11.9 Å². The average molecular weight is 346 g/mol. The Morgan fingerprint density at radius 3 is 2.38 bits per heavy atom. The van der Waals surface area contributed by atoms with Gasteiger partial charge in [-0.25, -0.2) is 0 Å². The number of rotatable bonds is 4. The van der Waals surface area contributed by atoms with E-state index in [1.54, 1.807) is 24.3 Å². The van der Waals surface area contributed by atoms with Crippen LogP contribution in [0.1, 0.15) is 0 Å². The van der Waals surface area contributed by atoms with Gasteiger partial charge in [0.25, 0.3) is 17.0 Å². The molecule has 0 spiro atoms. The minimum absolute atomic E-state index is 0.190. The molecule has 3 aromatic rings. The number of aromatic nitrogens is 2. The van der Waals surface area contributed by atoms with Crippen LogP contribution in [-0.4, -0.2) is 22.7 Å². The van der Waals surface area contributed by atoms with E-state index in [0.717, 1.165) is 0 Å². The van der Waals surface area contributed by atoms with Gasteiger partial charge in [-0.2, -0.15) is 0 Å². The summed E-state index contributed by atoms with van der Waals surface area (Å²) in [7, 11) is 0. The number of carbonyl (C=O) groups is 1. The van der Waals surface area contributed by atoms with Gasteiger partial charge >= 0.3 is 0 Å². The third-order valence-electron chi connectivity index (χ3n) is 3.27. The second kappa shape index (κ2) is 6.59. The smallest absolute Gasteiger partial charge is 0.270 e. The minimum atomic E-state index is -0.446. The molecule has 0 saturated carbocycles. The van der Waals surface area contributed by atoms with Gasteiger partial charge in [0.15, 0.2) is 6.61 Å². The van der Waals surface area contributed by atoms with Crippen molar-refractivity contribution in [3.8, 4) is 5.75 Å². The van der Waals surface area contributed by atoms with Gasteiger partial charge < -0.3 is 10.1 Å². The summed E-state index contributed by atoms with van der Waals surface area (Å²) in [6.07, 6.45) is 0. The molecule has 0 fully saturated rings. The maximum absolute atomic E-state index is 11.9. The zero-order valence-electron chi connectivity index (χ0n) is 12.3. The number of carbonyl (C=O) groups excluding carboxylic acids is 1. The molecule has 8 heteroatoms. The minimum Gasteiger partial charge on any atom is -0.484 e. The maximum atomic E-state index is 11.9.